The Balaban J connectivity index is 1.07. The molecule has 2 aliphatic heterocycles. The van der Waals surface area contributed by atoms with Crippen LogP contribution in [-0.2, 0) is 6.54 Å². The Bertz CT molecular complexity index is 1190. The van der Waals surface area contributed by atoms with Crippen molar-refractivity contribution in [2.75, 3.05) is 44.9 Å². The van der Waals surface area contributed by atoms with Crippen LogP contribution in [0, 0.1) is 5.92 Å². The third-order valence-electron chi connectivity index (χ3n) is 7.33. The molecule has 35 heavy (non-hydrogen) atoms. The van der Waals surface area contributed by atoms with Crippen LogP contribution in [0.15, 0.2) is 36.7 Å². The van der Waals surface area contributed by atoms with Gasteiger partial charge in [0.1, 0.15) is 25.6 Å². The van der Waals surface area contributed by atoms with Crippen molar-refractivity contribution in [1.29, 1.82) is 0 Å². The lowest BCUT2D eigenvalue weighted by molar-refractivity contribution is 0.170. The molecule has 0 radical (unpaired) electrons. The number of ether oxygens (including phenoxy) is 4. The highest BCUT2D eigenvalue weighted by Gasteiger charge is 2.27. The molecule has 6 rings (SSSR count). The predicted molar refractivity (Wildman–Crippen MR) is 134 cm³/mol. The Kier molecular flexibility index (Phi) is 6.21. The van der Waals surface area contributed by atoms with E-state index >= 15 is 0 Å². The number of nitrogens with zero attached hydrogens (tertiary/aromatic N) is 3. The molecule has 0 bridgehead atoms. The highest BCUT2D eigenvalue weighted by atomic mass is 16.6. The highest BCUT2D eigenvalue weighted by Crippen LogP contribution is 2.40. The van der Waals surface area contributed by atoms with Crippen LogP contribution >= 0.6 is 0 Å². The second kappa shape index (κ2) is 9.77. The van der Waals surface area contributed by atoms with Crippen molar-refractivity contribution >= 4 is 16.6 Å². The first-order valence-electron chi connectivity index (χ1n) is 12.6. The van der Waals surface area contributed by atoms with Gasteiger partial charge in [0.05, 0.1) is 42.9 Å². The van der Waals surface area contributed by atoms with E-state index in [1.165, 1.54) is 25.7 Å². The minimum atomic E-state index is 0.521. The van der Waals surface area contributed by atoms with Crippen molar-refractivity contribution < 1.29 is 18.9 Å². The molecule has 1 aromatic carbocycles. The van der Waals surface area contributed by atoms with Gasteiger partial charge in [-0.1, -0.05) is 0 Å². The summed E-state index contributed by atoms with van der Waals surface area (Å²) in [7, 11) is 1.70. The minimum Gasteiger partial charge on any atom is -0.497 e. The summed E-state index contributed by atoms with van der Waals surface area (Å²) in [6, 6.07) is 8.58. The van der Waals surface area contributed by atoms with E-state index in [0.717, 1.165) is 64.9 Å². The first kappa shape index (κ1) is 22.2. The van der Waals surface area contributed by atoms with Gasteiger partial charge >= 0.3 is 0 Å². The van der Waals surface area contributed by atoms with E-state index in [-0.39, 0.29) is 0 Å². The molecule has 0 saturated heterocycles. The quantitative estimate of drug-likeness (QED) is 0.573. The van der Waals surface area contributed by atoms with Gasteiger partial charge in [-0.05, 0) is 49.8 Å². The molecular weight excluding hydrogens is 444 g/mol. The predicted octanol–water partition coefficient (Wildman–Crippen LogP) is 3.96. The Morgan fingerprint density at radius 3 is 2.60 bits per heavy atom. The molecule has 2 aromatic heterocycles. The number of benzene rings is 1. The van der Waals surface area contributed by atoms with Crippen LogP contribution in [0.5, 0.6) is 23.0 Å². The topological polar surface area (TPSA) is 78.0 Å². The van der Waals surface area contributed by atoms with Crippen molar-refractivity contribution in [1.82, 2.24) is 15.3 Å². The van der Waals surface area contributed by atoms with Gasteiger partial charge in [-0.2, -0.15) is 0 Å². The van der Waals surface area contributed by atoms with Crippen molar-refractivity contribution in [3.63, 3.8) is 0 Å². The van der Waals surface area contributed by atoms with Crippen LogP contribution in [0.2, 0.25) is 0 Å². The van der Waals surface area contributed by atoms with Crippen LogP contribution in [-0.4, -0.2) is 56.0 Å². The van der Waals surface area contributed by atoms with E-state index in [2.05, 4.69) is 26.3 Å². The largest absolute Gasteiger partial charge is 0.497 e. The van der Waals surface area contributed by atoms with Gasteiger partial charge in [-0.3, -0.25) is 9.97 Å². The lowest BCUT2D eigenvalue weighted by Crippen LogP contribution is -2.40. The molecule has 8 nitrogen and oxygen atoms in total. The van der Waals surface area contributed by atoms with E-state index in [1.807, 2.05) is 24.4 Å². The summed E-state index contributed by atoms with van der Waals surface area (Å²) in [6.45, 7) is 4.59. The van der Waals surface area contributed by atoms with Crippen LogP contribution in [0.1, 0.15) is 31.4 Å². The first-order valence-corrected chi connectivity index (χ1v) is 12.6. The number of methoxy groups -OCH3 is 1. The first-order chi connectivity index (χ1) is 17.3. The lowest BCUT2D eigenvalue weighted by Gasteiger charge is -2.37. The molecule has 4 heterocycles. The zero-order valence-electron chi connectivity index (χ0n) is 20.2. The van der Waals surface area contributed by atoms with Gasteiger partial charge in [0, 0.05) is 30.6 Å². The summed E-state index contributed by atoms with van der Waals surface area (Å²) in [4.78, 5) is 11.6. The average molecular weight is 477 g/mol. The molecule has 8 heteroatoms. The van der Waals surface area contributed by atoms with Crippen molar-refractivity contribution in [3.8, 4) is 23.0 Å². The van der Waals surface area contributed by atoms with Gasteiger partial charge in [0.15, 0.2) is 17.2 Å². The maximum absolute atomic E-state index is 5.97. The number of nitrogens with one attached hydrogen (secondary N) is 1. The van der Waals surface area contributed by atoms with Gasteiger partial charge in [0.2, 0.25) is 0 Å². The number of hydrogen-bond acceptors (Lipinski definition) is 8. The molecule has 1 N–H and O–H groups in total. The third kappa shape index (κ3) is 4.67. The molecule has 0 amide bonds. The van der Waals surface area contributed by atoms with Gasteiger partial charge < -0.3 is 29.2 Å². The van der Waals surface area contributed by atoms with Crippen molar-refractivity contribution in [3.05, 3.63) is 42.4 Å². The number of rotatable bonds is 6. The van der Waals surface area contributed by atoms with Crippen molar-refractivity contribution in [2.45, 2.75) is 38.3 Å². The third-order valence-corrected chi connectivity index (χ3v) is 7.33. The molecular formula is C27H32N4O4. The summed E-state index contributed by atoms with van der Waals surface area (Å²) in [5.41, 5.74) is 3.13. The smallest absolute Gasteiger partial charge is 0.179 e. The summed E-state index contributed by atoms with van der Waals surface area (Å²) >= 11 is 0. The van der Waals surface area contributed by atoms with E-state index in [0.29, 0.717) is 31.8 Å². The summed E-state index contributed by atoms with van der Waals surface area (Å²) in [6.07, 6.45) is 8.42. The summed E-state index contributed by atoms with van der Waals surface area (Å²) in [5.74, 6) is 3.93. The highest BCUT2D eigenvalue weighted by molar-refractivity contribution is 5.96. The van der Waals surface area contributed by atoms with Gasteiger partial charge in [0.25, 0.3) is 0 Å². The standard InChI is InChI=1S/C27H32N4O4/c1-32-21-6-7-23-22(13-21)27-26(16-30-23)33-9-8-31(27)17-18-2-4-19(5-3-18)28-14-20-12-24-25(15-29-20)35-11-10-34-24/h6-7,12-13,15-16,18-19,28H,2-5,8-11,14,17H2,1H3. The monoisotopic (exact) mass is 476 g/mol. The molecule has 3 aromatic rings. The van der Waals surface area contributed by atoms with E-state index in [9.17, 15) is 0 Å². The fraction of sp³-hybridized carbons (Fsp3) is 0.481. The zero-order chi connectivity index (χ0) is 23.6. The molecule has 1 saturated carbocycles. The second-order valence-corrected chi connectivity index (χ2v) is 9.57. The second-order valence-electron chi connectivity index (χ2n) is 9.57. The SMILES string of the molecule is COc1ccc2ncc3c(c2c1)N(CC1CCC(NCc2cc4c(cn2)OCCO4)CC1)CCO3. The maximum atomic E-state index is 5.97. The fourth-order valence-electron chi connectivity index (χ4n) is 5.45. The Labute approximate surface area is 205 Å². The molecule has 0 atom stereocenters. The number of hydrogen-bond donors (Lipinski definition) is 1. The Hall–Kier alpha value is -3.26. The molecule has 184 valence electrons. The average Bonchev–Trinajstić information content (AvgIpc) is 2.92. The zero-order valence-corrected chi connectivity index (χ0v) is 20.2. The number of fused-ring (bicyclic) bond motifs is 4. The summed E-state index contributed by atoms with van der Waals surface area (Å²) in [5, 5.41) is 4.81. The molecule has 3 aliphatic rings. The van der Waals surface area contributed by atoms with E-state index < -0.39 is 0 Å². The molecule has 0 unspecified atom stereocenters. The molecule has 1 fully saturated rings. The summed E-state index contributed by atoms with van der Waals surface area (Å²) < 4.78 is 22.7. The number of anilines is 1. The van der Waals surface area contributed by atoms with Crippen molar-refractivity contribution in [2.24, 2.45) is 5.92 Å². The van der Waals surface area contributed by atoms with E-state index in [4.69, 9.17) is 18.9 Å². The normalized spacial score (nSPS) is 21.3. The minimum absolute atomic E-state index is 0.521. The van der Waals surface area contributed by atoms with Crippen LogP contribution < -0.4 is 29.2 Å². The maximum Gasteiger partial charge on any atom is 0.179 e. The Morgan fingerprint density at radius 2 is 1.74 bits per heavy atom. The lowest BCUT2D eigenvalue weighted by atomic mass is 9.85. The Morgan fingerprint density at radius 1 is 0.943 bits per heavy atom. The fourth-order valence-corrected chi connectivity index (χ4v) is 5.45. The van der Waals surface area contributed by atoms with Crippen LogP contribution in [0.3, 0.4) is 0 Å². The van der Waals surface area contributed by atoms with Crippen LogP contribution in [0.25, 0.3) is 10.9 Å². The molecule has 1 aliphatic carbocycles. The number of pyridine rings is 2. The van der Waals surface area contributed by atoms with Gasteiger partial charge in [-0.15, -0.1) is 0 Å². The van der Waals surface area contributed by atoms with Crippen LogP contribution in [0.4, 0.5) is 5.69 Å². The van der Waals surface area contributed by atoms with E-state index in [1.54, 1.807) is 13.3 Å². The van der Waals surface area contributed by atoms with Gasteiger partial charge in [-0.25, -0.2) is 0 Å². The number of aromatic nitrogens is 2. The molecule has 0 spiro atoms.